The number of carbonyl (C=O) groups is 2. The van der Waals surface area contributed by atoms with Crippen molar-refractivity contribution in [3.63, 3.8) is 0 Å². The molecule has 6 heteroatoms. The van der Waals surface area contributed by atoms with E-state index in [9.17, 15) is 9.59 Å². The molecule has 2 heterocycles. The Bertz CT molecular complexity index is 1060. The standard InChI is InChI=1S/C22H20N2O4/c1-13-4-5-14(2)24(13)17-8-6-16(7-9-17)22(26)23-19-11-21-20(27-12-28-21)10-18(19)15(3)25/h4-11H,12H2,1-3H3,(H,23,26). The number of amides is 1. The zero-order valence-electron chi connectivity index (χ0n) is 15.9. The number of carbonyl (C=O) groups excluding carboxylic acids is 2. The molecule has 0 saturated carbocycles. The normalized spacial score (nSPS) is 12.1. The van der Waals surface area contributed by atoms with Gasteiger partial charge < -0.3 is 19.4 Å². The van der Waals surface area contributed by atoms with Crippen LogP contribution in [0.15, 0.2) is 48.5 Å². The summed E-state index contributed by atoms with van der Waals surface area (Å²) < 4.78 is 12.8. The van der Waals surface area contributed by atoms with Crippen LogP contribution in [0.1, 0.15) is 39.0 Å². The van der Waals surface area contributed by atoms with E-state index in [1.807, 2.05) is 26.0 Å². The molecule has 0 radical (unpaired) electrons. The number of aryl methyl sites for hydroxylation is 2. The number of nitrogens with zero attached hydrogens (tertiary/aromatic N) is 1. The Morgan fingerprint density at radius 3 is 2.14 bits per heavy atom. The molecule has 1 aromatic heterocycles. The predicted molar refractivity (Wildman–Crippen MR) is 106 cm³/mol. The molecule has 0 atom stereocenters. The van der Waals surface area contributed by atoms with E-state index in [1.165, 1.54) is 6.92 Å². The van der Waals surface area contributed by atoms with Crippen LogP contribution in [-0.2, 0) is 0 Å². The number of fused-ring (bicyclic) bond motifs is 1. The molecule has 28 heavy (non-hydrogen) atoms. The summed E-state index contributed by atoms with van der Waals surface area (Å²) in [6.45, 7) is 5.63. The zero-order chi connectivity index (χ0) is 19.8. The molecule has 0 saturated heterocycles. The first-order valence-corrected chi connectivity index (χ1v) is 8.95. The Labute approximate surface area is 162 Å². The van der Waals surface area contributed by atoms with Crippen molar-refractivity contribution in [3.05, 3.63) is 71.0 Å². The molecule has 1 aliphatic rings. The van der Waals surface area contributed by atoms with Gasteiger partial charge in [0.1, 0.15) is 0 Å². The Hall–Kier alpha value is -3.54. The van der Waals surface area contributed by atoms with Crippen molar-refractivity contribution in [1.29, 1.82) is 0 Å². The lowest BCUT2D eigenvalue weighted by atomic mass is 10.1. The molecule has 142 valence electrons. The number of nitrogens with one attached hydrogen (secondary N) is 1. The lowest BCUT2D eigenvalue weighted by molar-refractivity contribution is 0.101. The summed E-state index contributed by atoms with van der Waals surface area (Å²) in [4.78, 5) is 24.7. The first kappa shape index (κ1) is 17.9. The van der Waals surface area contributed by atoms with Crippen LogP contribution >= 0.6 is 0 Å². The van der Waals surface area contributed by atoms with Crippen LogP contribution in [0.2, 0.25) is 0 Å². The summed E-state index contributed by atoms with van der Waals surface area (Å²) in [6.07, 6.45) is 0. The number of anilines is 1. The molecular formula is C22H20N2O4. The maximum absolute atomic E-state index is 12.7. The molecule has 2 aromatic carbocycles. The maximum Gasteiger partial charge on any atom is 0.255 e. The van der Waals surface area contributed by atoms with Gasteiger partial charge in [-0.3, -0.25) is 9.59 Å². The average molecular weight is 376 g/mol. The summed E-state index contributed by atoms with van der Waals surface area (Å²) >= 11 is 0. The first-order valence-electron chi connectivity index (χ1n) is 8.95. The van der Waals surface area contributed by atoms with E-state index in [-0.39, 0.29) is 18.5 Å². The molecule has 4 rings (SSSR count). The predicted octanol–water partition coefficient (Wildman–Crippen LogP) is 4.28. The maximum atomic E-state index is 12.7. The van der Waals surface area contributed by atoms with Crippen molar-refractivity contribution in [2.45, 2.75) is 20.8 Å². The second-order valence-electron chi connectivity index (χ2n) is 6.76. The molecule has 3 aromatic rings. The van der Waals surface area contributed by atoms with Crippen LogP contribution in [0.3, 0.4) is 0 Å². The smallest absolute Gasteiger partial charge is 0.255 e. The summed E-state index contributed by atoms with van der Waals surface area (Å²) in [5, 5.41) is 2.81. The van der Waals surface area contributed by atoms with Gasteiger partial charge in [0.05, 0.1) is 5.69 Å². The van der Waals surface area contributed by atoms with E-state index < -0.39 is 0 Å². The van der Waals surface area contributed by atoms with Gasteiger partial charge >= 0.3 is 0 Å². The number of ether oxygens (including phenoxy) is 2. The highest BCUT2D eigenvalue weighted by Gasteiger charge is 2.20. The lowest BCUT2D eigenvalue weighted by Crippen LogP contribution is -2.14. The highest BCUT2D eigenvalue weighted by atomic mass is 16.7. The van der Waals surface area contributed by atoms with Gasteiger partial charge in [-0.05, 0) is 63.2 Å². The monoisotopic (exact) mass is 376 g/mol. The van der Waals surface area contributed by atoms with Gasteiger partial charge in [0.2, 0.25) is 6.79 Å². The number of hydrogen-bond acceptors (Lipinski definition) is 4. The van der Waals surface area contributed by atoms with Gasteiger partial charge in [0.25, 0.3) is 5.91 Å². The number of aromatic nitrogens is 1. The first-order chi connectivity index (χ1) is 13.4. The highest BCUT2D eigenvalue weighted by Crippen LogP contribution is 2.37. The van der Waals surface area contributed by atoms with Crippen molar-refractivity contribution >= 4 is 17.4 Å². The van der Waals surface area contributed by atoms with Crippen molar-refractivity contribution < 1.29 is 19.1 Å². The van der Waals surface area contributed by atoms with E-state index >= 15 is 0 Å². The Morgan fingerprint density at radius 1 is 0.929 bits per heavy atom. The third-order valence-corrected chi connectivity index (χ3v) is 4.80. The van der Waals surface area contributed by atoms with Crippen molar-refractivity contribution in [2.24, 2.45) is 0 Å². The average Bonchev–Trinajstić information content (AvgIpc) is 3.26. The van der Waals surface area contributed by atoms with Crippen molar-refractivity contribution in [1.82, 2.24) is 4.57 Å². The summed E-state index contributed by atoms with van der Waals surface area (Å²) in [5.41, 5.74) is 4.53. The fraction of sp³-hybridized carbons (Fsp3) is 0.182. The number of benzene rings is 2. The Morgan fingerprint density at radius 2 is 1.54 bits per heavy atom. The van der Waals surface area contributed by atoms with E-state index in [0.29, 0.717) is 28.3 Å². The van der Waals surface area contributed by atoms with E-state index in [2.05, 4.69) is 22.0 Å². The van der Waals surface area contributed by atoms with Crippen molar-refractivity contribution in [3.8, 4) is 17.2 Å². The SMILES string of the molecule is CC(=O)c1cc2c(cc1NC(=O)c1ccc(-n3c(C)ccc3C)cc1)OCO2. The summed E-state index contributed by atoms with van der Waals surface area (Å²) in [6, 6.07) is 14.7. The van der Waals surface area contributed by atoms with Gasteiger partial charge in [0, 0.05) is 34.3 Å². The third kappa shape index (κ3) is 3.13. The molecular weight excluding hydrogens is 356 g/mol. The van der Waals surface area contributed by atoms with Crippen LogP contribution in [0, 0.1) is 13.8 Å². The molecule has 1 amide bonds. The largest absolute Gasteiger partial charge is 0.454 e. The molecule has 0 spiro atoms. The summed E-state index contributed by atoms with van der Waals surface area (Å²) in [5.74, 6) is 0.551. The van der Waals surface area contributed by atoms with Crippen LogP contribution in [0.5, 0.6) is 11.5 Å². The molecule has 1 aliphatic heterocycles. The van der Waals surface area contributed by atoms with Crippen LogP contribution in [0.4, 0.5) is 5.69 Å². The quantitative estimate of drug-likeness (QED) is 0.690. The number of ketones is 1. The summed E-state index contributed by atoms with van der Waals surface area (Å²) in [7, 11) is 0. The second-order valence-corrected chi connectivity index (χ2v) is 6.76. The fourth-order valence-electron chi connectivity index (χ4n) is 3.37. The minimum atomic E-state index is -0.297. The molecule has 0 aliphatic carbocycles. The van der Waals surface area contributed by atoms with E-state index in [1.54, 1.807) is 24.3 Å². The van der Waals surface area contributed by atoms with Gasteiger partial charge in [-0.1, -0.05) is 0 Å². The number of rotatable bonds is 4. The van der Waals surface area contributed by atoms with Crippen LogP contribution in [0.25, 0.3) is 5.69 Å². The van der Waals surface area contributed by atoms with Gasteiger partial charge in [-0.2, -0.15) is 0 Å². The fourth-order valence-corrected chi connectivity index (χ4v) is 3.37. The van der Waals surface area contributed by atoms with Gasteiger partial charge in [-0.15, -0.1) is 0 Å². The topological polar surface area (TPSA) is 69.6 Å². The Kier molecular flexibility index (Phi) is 4.39. The lowest BCUT2D eigenvalue weighted by Gasteiger charge is -2.12. The molecule has 0 unspecified atom stereocenters. The molecule has 6 nitrogen and oxygen atoms in total. The zero-order valence-corrected chi connectivity index (χ0v) is 15.9. The van der Waals surface area contributed by atoms with Crippen LogP contribution in [-0.4, -0.2) is 23.1 Å². The van der Waals surface area contributed by atoms with Gasteiger partial charge in [-0.25, -0.2) is 0 Å². The van der Waals surface area contributed by atoms with E-state index in [4.69, 9.17) is 9.47 Å². The highest BCUT2D eigenvalue weighted by molar-refractivity contribution is 6.09. The number of hydrogen-bond donors (Lipinski definition) is 1. The van der Waals surface area contributed by atoms with Crippen LogP contribution < -0.4 is 14.8 Å². The molecule has 0 fully saturated rings. The Balaban J connectivity index is 1.60. The minimum absolute atomic E-state index is 0.101. The second kappa shape index (κ2) is 6.88. The number of Topliss-reactive ketones (excluding diaryl/α,β-unsaturated/α-hetero) is 1. The van der Waals surface area contributed by atoms with Gasteiger partial charge in [0.15, 0.2) is 17.3 Å². The van der Waals surface area contributed by atoms with Crippen molar-refractivity contribution in [2.75, 3.05) is 12.1 Å². The molecule has 0 bridgehead atoms. The molecule has 1 N–H and O–H groups in total. The van der Waals surface area contributed by atoms with E-state index in [0.717, 1.165) is 17.1 Å². The minimum Gasteiger partial charge on any atom is -0.454 e. The third-order valence-electron chi connectivity index (χ3n) is 4.80.